The molecule has 0 amide bonds. The zero-order valence-corrected chi connectivity index (χ0v) is 11.1. The minimum absolute atomic E-state index is 0.175. The third-order valence-corrected chi connectivity index (χ3v) is 2.31. The molecule has 1 N–H and O–H groups in total. The van der Waals surface area contributed by atoms with E-state index in [9.17, 15) is 9.59 Å². The Balaban J connectivity index is 3.67. The summed E-state index contributed by atoms with van der Waals surface area (Å²) in [5.41, 5.74) is 0.574. The number of rotatable bonds is 9. The number of esters is 1. The van der Waals surface area contributed by atoms with Crippen molar-refractivity contribution in [1.29, 1.82) is 0 Å². The van der Waals surface area contributed by atoms with Crippen LogP contribution in [0.4, 0.5) is 0 Å². The third kappa shape index (κ3) is 9.63. The van der Waals surface area contributed by atoms with Crippen LogP contribution < -0.4 is 0 Å². The second-order valence-electron chi connectivity index (χ2n) is 4.03. The summed E-state index contributed by atoms with van der Waals surface area (Å²) in [4.78, 5) is 21.7. The highest BCUT2D eigenvalue weighted by Crippen LogP contribution is 2.03. The first-order valence-corrected chi connectivity index (χ1v) is 6.30. The Morgan fingerprint density at radius 3 is 2.56 bits per heavy atom. The maximum atomic E-state index is 11.5. The van der Waals surface area contributed by atoms with Gasteiger partial charge in [-0.2, -0.15) is 0 Å². The van der Waals surface area contributed by atoms with Crippen LogP contribution in [0.2, 0.25) is 0 Å². The van der Waals surface area contributed by atoms with Crippen molar-refractivity contribution in [2.24, 2.45) is 0 Å². The fraction of sp³-hybridized carbons (Fsp3) is 0.571. The lowest BCUT2D eigenvalue weighted by Gasteiger charge is -2.04. The Morgan fingerprint density at radius 2 is 1.94 bits per heavy atom. The van der Waals surface area contributed by atoms with E-state index in [1.807, 2.05) is 19.1 Å². The van der Waals surface area contributed by atoms with E-state index in [0.29, 0.717) is 25.0 Å². The van der Waals surface area contributed by atoms with Crippen molar-refractivity contribution >= 4 is 11.9 Å². The summed E-state index contributed by atoms with van der Waals surface area (Å²) < 4.78 is 5.05. The van der Waals surface area contributed by atoms with Crippen LogP contribution in [0.15, 0.2) is 23.8 Å². The van der Waals surface area contributed by atoms with Gasteiger partial charge in [0.15, 0.2) is 0 Å². The Bertz CT molecular complexity index is 316. The Labute approximate surface area is 108 Å². The Kier molecular flexibility index (Phi) is 9.64. The van der Waals surface area contributed by atoms with Crippen molar-refractivity contribution in [3.8, 4) is 0 Å². The molecule has 0 aliphatic heterocycles. The standard InChI is InChI=1S/C14H22O4/c1-3-4-6-9-12(2)14(17)18-11-8-5-7-10-13(15)16/h4,6,9H,3,5,7-8,10-11H2,1-2H3,(H,15,16). The van der Waals surface area contributed by atoms with E-state index in [2.05, 4.69) is 0 Å². The minimum atomic E-state index is -0.784. The lowest BCUT2D eigenvalue weighted by molar-refractivity contribution is -0.139. The summed E-state index contributed by atoms with van der Waals surface area (Å²) in [6, 6.07) is 0. The molecule has 0 saturated heterocycles. The minimum Gasteiger partial charge on any atom is -0.481 e. The van der Waals surface area contributed by atoms with Crippen molar-refractivity contribution in [3.05, 3.63) is 23.8 Å². The summed E-state index contributed by atoms with van der Waals surface area (Å²) in [7, 11) is 0. The molecular weight excluding hydrogens is 232 g/mol. The van der Waals surface area contributed by atoms with Gasteiger partial charge >= 0.3 is 11.9 Å². The van der Waals surface area contributed by atoms with Crippen molar-refractivity contribution in [1.82, 2.24) is 0 Å². The molecule has 102 valence electrons. The second-order valence-corrected chi connectivity index (χ2v) is 4.03. The fourth-order valence-electron chi connectivity index (χ4n) is 1.25. The van der Waals surface area contributed by atoms with Gasteiger partial charge in [-0.3, -0.25) is 4.79 Å². The molecule has 0 saturated carbocycles. The van der Waals surface area contributed by atoms with Gasteiger partial charge in [0.2, 0.25) is 0 Å². The molecule has 0 aromatic heterocycles. The topological polar surface area (TPSA) is 63.6 Å². The molecule has 0 fully saturated rings. The van der Waals surface area contributed by atoms with Crippen molar-refractivity contribution < 1.29 is 19.4 Å². The Morgan fingerprint density at radius 1 is 1.22 bits per heavy atom. The van der Waals surface area contributed by atoms with Gasteiger partial charge in [-0.15, -0.1) is 0 Å². The third-order valence-electron chi connectivity index (χ3n) is 2.31. The van der Waals surface area contributed by atoms with Crippen LogP contribution in [0.5, 0.6) is 0 Å². The van der Waals surface area contributed by atoms with Crippen LogP contribution in [0.25, 0.3) is 0 Å². The normalized spacial score (nSPS) is 11.8. The van der Waals surface area contributed by atoms with E-state index in [1.54, 1.807) is 13.0 Å². The maximum absolute atomic E-state index is 11.5. The molecule has 4 heteroatoms. The monoisotopic (exact) mass is 254 g/mol. The van der Waals surface area contributed by atoms with E-state index < -0.39 is 5.97 Å². The average Bonchev–Trinajstić information content (AvgIpc) is 2.33. The van der Waals surface area contributed by atoms with Gasteiger partial charge in [0, 0.05) is 12.0 Å². The molecule has 0 aliphatic carbocycles. The first kappa shape index (κ1) is 16.4. The summed E-state index contributed by atoms with van der Waals surface area (Å²) in [5.74, 6) is -1.09. The second kappa shape index (κ2) is 10.6. The molecule has 0 aliphatic rings. The highest BCUT2D eigenvalue weighted by atomic mass is 16.5. The van der Waals surface area contributed by atoms with Gasteiger partial charge in [-0.05, 0) is 32.6 Å². The summed E-state index contributed by atoms with van der Waals surface area (Å²) in [6.45, 7) is 4.09. The van der Waals surface area contributed by atoms with Crippen LogP contribution in [0.1, 0.15) is 46.0 Å². The largest absolute Gasteiger partial charge is 0.481 e. The smallest absolute Gasteiger partial charge is 0.333 e. The number of aliphatic carboxylic acids is 1. The van der Waals surface area contributed by atoms with Crippen LogP contribution in [0.3, 0.4) is 0 Å². The maximum Gasteiger partial charge on any atom is 0.333 e. The van der Waals surface area contributed by atoms with Crippen molar-refractivity contribution in [2.75, 3.05) is 6.61 Å². The molecule has 0 bridgehead atoms. The zero-order valence-electron chi connectivity index (χ0n) is 11.1. The van der Waals surface area contributed by atoms with E-state index in [0.717, 1.165) is 12.8 Å². The van der Waals surface area contributed by atoms with Gasteiger partial charge in [-0.1, -0.05) is 25.2 Å². The first-order chi connectivity index (χ1) is 8.57. The number of allylic oxidation sites excluding steroid dienone is 3. The van der Waals surface area contributed by atoms with E-state index in [-0.39, 0.29) is 12.4 Å². The fourth-order valence-corrected chi connectivity index (χ4v) is 1.25. The molecular formula is C14H22O4. The SMILES string of the molecule is CCC=CC=C(C)C(=O)OCCCCCC(=O)O. The molecule has 0 spiro atoms. The molecule has 0 aromatic rings. The molecule has 18 heavy (non-hydrogen) atoms. The molecule has 0 radical (unpaired) electrons. The molecule has 0 atom stereocenters. The number of carboxylic acid groups (broad SMARTS) is 1. The number of ether oxygens (including phenoxy) is 1. The van der Waals surface area contributed by atoms with Gasteiger partial charge in [-0.25, -0.2) is 4.79 Å². The number of carbonyl (C=O) groups excluding carboxylic acids is 1. The molecule has 4 nitrogen and oxygen atoms in total. The van der Waals surface area contributed by atoms with Crippen LogP contribution >= 0.6 is 0 Å². The quantitative estimate of drug-likeness (QED) is 0.297. The highest BCUT2D eigenvalue weighted by molar-refractivity contribution is 5.88. The number of hydrogen-bond acceptors (Lipinski definition) is 3. The van der Waals surface area contributed by atoms with Gasteiger partial charge in [0.1, 0.15) is 0 Å². The lowest BCUT2D eigenvalue weighted by Crippen LogP contribution is -2.07. The van der Waals surface area contributed by atoms with E-state index in [4.69, 9.17) is 9.84 Å². The zero-order chi connectivity index (χ0) is 13.8. The van der Waals surface area contributed by atoms with E-state index in [1.165, 1.54) is 0 Å². The predicted octanol–water partition coefficient (Wildman–Crippen LogP) is 3.09. The van der Waals surface area contributed by atoms with Crippen LogP contribution in [-0.4, -0.2) is 23.7 Å². The van der Waals surface area contributed by atoms with Crippen molar-refractivity contribution in [2.45, 2.75) is 46.0 Å². The van der Waals surface area contributed by atoms with Gasteiger partial charge < -0.3 is 9.84 Å². The van der Waals surface area contributed by atoms with Crippen molar-refractivity contribution in [3.63, 3.8) is 0 Å². The van der Waals surface area contributed by atoms with Crippen LogP contribution in [0, 0.1) is 0 Å². The number of carbonyl (C=O) groups is 2. The molecule has 0 rings (SSSR count). The summed E-state index contributed by atoms with van der Waals surface area (Å²) in [6.07, 6.45) is 8.73. The molecule has 0 aromatic carbocycles. The highest BCUT2D eigenvalue weighted by Gasteiger charge is 2.04. The Hall–Kier alpha value is -1.58. The number of unbranched alkanes of at least 4 members (excludes halogenated alkanes) is 2. The van der Waals surface area contributed by atoms with Gasteiger partial charge in [0.25, 0.3) is 0 Å². The number of carboxylic acids is 1. The average molecular weight is 254 g/mol. The molecule has 0 unspecified atom stereocenters. The van der Waals surface area contributed by atoms with E-state index >= 15 is 0 Å². The van der Waals surface area contributed by atoms with Crippen LogP contribution in [-0.2, 0) is 14.3 Å². The number of hydrogen-bond donors (Lipinski definition) is 1. The predicted molar refractivity (Wildman–Crippen MR) is 70.3 cm³/mol. The summed E-state index contributed by atoms with van der Waals surface area (Å²) >= 11 is 0. The lowest BCUT2D eigenvalue weighted by atomic mass is 10.2. The summed E-state index contributed by atoms with van der Waals surface area (Å²) in [5, 5.41) is 8.43. The molecule has 0 heterocycles. The van der Waals surface area contributed by atoms with Gasteiger partial charge in [0.05, 0.1) is 6.61 Å². The first-order valence-electron chi connectivity index (χ1n) is 6.30.